The molecular formula is C18H16ClN3O. The van der Waals surface area contributed by atoms with Crippen molar-refractivity contribution in [3.8, 4) is 6.07 Å². The van der Waals surface area contributed by atoms with Gasteiger partial charge in [-0.2, -0.15) is 5.26 Å². The van der Waals surface area contributed by atoms with E-state index in [0.29, 0.717) is 10.7 Å². The van der Waals surface area contributed by atoms with E-state index in [-0.39, 0.29) is 5.57 Å². The van der Waals surface area contributed by atoms with Crippen LogP contribution >= 0.6 is 11.6 Å². The molecule has 0 aromatic heterocycles. The molecule has 0 fully saturated rings. The van der Waals surface area contributed by atoms with Gasteiger partial charge in [0.15, 0.2) is 0 Å². The number of anilines is 2. The molecule has 1 amide bonds. The lowest BCUT2D eigenvalue weighted by molar-refractivity contribution is -0.112. The van der Waals surface area contributed by atoms with Crippen LogP contribution in [-0.2, 0) is 4.79 Å². The smallest absolute Gasteiger partial charge is 0.267 e. The molecule has 116 valence electrons. The number of hydrogen-bond acceptors (Lipinski definition) is 3. The van der Waals surface area contributed by atoms with Gasteiger partial charge in [-0.1, -0.05) is 23.7 Å². The lowest BCUT2D eigenvalue weighted by atomic mass is 10.1. The molecule has 4 nitrogen and oxygen atoms in total. The number of amides is 1. The van der Waals surface area contributed by atoms with Crippen LogP contribution in [0, 0.1) is 25.2 Å². The maximum Gasteiger partial charge on any atom is 0.267 e. The molecular weight excluding hydrogens is 310 g/mol. The summed E-state index contributed by atoms with van der Waals surface area (Å²) in [6, 6.07) is 14.5. The molecule has 2 aromatic rings. The Labute approximate surface area is 140 Å². The first-order chi connectivity index (χ1) is 11.0. The van der Waals surface area contributed by atoms with Crippen LogP contribution in [0.15, 0.2) is 54.2 Å². The first kappa shape index (κ1) is 16.6. The van der Waals surface area contributed by atoms with Crippen LogP contribution in [0.4, 0.5) is 11.4 Å². The summed E-state index contributed by atoms with van der Waals surface area (Å²) in [5.41, 5.74) is 3.54. The standard InChI is InChI=1S/C18H16ClN3O/c1-12-3-4-13(2)17(9-12)21-11-14(10-20)18(23)22-16-7-5-15(19)6-8-16/h3-9,11,21H,1-2H3,(H,22,23)/b14-11-. The Kier molecular flexibility index (Phi) is 5.40. The molecule has 0 unspecified atom stereocenters. The number of carbonyl (C=O) groups is 1. The number of nitrogens with zero attached hydrogens (tertiary/aromatic N) is 1. The summed E-state index contributed by atoms with van der Waals surface area (Å²) in [7, 11) is 0. The van der Waals surface area contributed by atoms with Gasteiger partial charge in [-0.05, 0) is 55.3 Å². The summed E-state index contributed by atoms with van der Waals surface area (Å²) < 4.78 is 0. The molecule has 0 aliphatic carbocycles. The fourth-order valence-corrected chi connectivity index (χ4v) is 2.05. The van der Waals surface area contributed by atoms with Crippen molar-refractivity contribution in [2.24, 2.45) is 0 Å². The molecule has 2 N–H and O–H groups in total. The Hall–Kier alpha value is -2.77. The predicted octanol–water partition coefficient (Wildman–Crippen LogP) is 4.41. The van der Waals surface area contributed by atoms with Crippen molar-refractivity contribution < 1.29 is 4.79 Å². The third-order valence-corrected chi connectivity index (χ3v) is 3.48. The second-order valence-corrected chi connectivity index (χ2v) is 5.53. The van der Waals surface area contributed by atoms with E-state index >= 15 is 0 Å². The average Bonchev–Trinajstić information content (AvgIpc) is 2.53. The van der Waals surface area contributed by atoms with E-state index in [2.05, 4.69) is 10.6 Å². The highest BCUT2D eigenvalue weighted by Crippen LogP contribution is 2.17. The maximum absolute atomic E-state index is 12.1. The summed E-state index contributed by atoms with van der Waals surface area (Å²) in [6.07, 6.45) is 1.41. The number of hydrogen-bond donors (Lipinski definition) is 2. The van der Waals surface area contributed by atoms with Crippen molar-refractivity contribution in [1.29, 1.82) is 5.26 Å². The first-order valence-electron chi connectivity index (χ1n) is 7.00. The Bertz CT molecular complexity index is 789. The van der Waals surface area contributed by atoms with Crippen molar-refractivity contribution >= 4 is 28.9 Å². The van der Waals surface area contributed by atoms with Crippen LogP contribution in [0.1, 0.15) is 11.1 Å². The summed E-state index contributed by atoms with van der Waals surface area (Å²) in [6.45, 7) is 3.93. The number of halogens is 1. The van der Waals surface area contributed by atoms with E-state index in [9.17, 15) is 10.1 Å². The van der Waals surface area contributed by atoms with Crippen molar-refractivity contribution in [3.63, 3.8) is 0 Å². The molecule has 0 saturated carbocycles. The highest BCUT2D eigenvalue weighted by molar-refractivity contribution is 6.30. The van der Waals surface area contributed by atoms with Gasteiger partial charge >= 0.3 is 0 Å². The molecule has 0 heterocycles. The van der Waals surface area contributed by atoms with Crippen LogP contribution < -0.4 is 10.6 Å². The molecule has 23 heavy (non-hydrogen) atoms. The van der Waals surface area contributed by atoms with Crippen LogP contribution in [0.5, 0.6) is 0 Å². The van der Waals surface area contributed by atoms with Gasteiger partial charge in [-0.15, -0.1) is 0 Å². The lowest BCUT2D eigenvalue weighted by Crippen LogP contribution is -2.14. The fraction of sp³-hybridized carbons (Fsp3) is 0.111. The van der Waals surface area contributed by atoms with Crippen molar-refractivity contribution in [2.75, 3.05) is 10.6 Å². The summed E-state index contributed by atoms with van der Waals surface area (Å²) in [4.78, 5) is 12.1. The van der Waals surface area contributed by atoms with Gasteiger partial charge in [0.05, 0.1) is 0 Å². The van der Waals surface area contributed by atoms with E-state index in [4.69, 9.17) is 11.6 Å². The zero-order valence-electron chi connectivity index (χ0n) is 12.9. The molecule has 0 aliphatic rings. The SMILES string of the molecule is Cc1ccc(C)c(N/C=C(/C#N)C(=O)Nc2ccc(Cl)cc2)c1. The molecule has 2 aromatic carbocycles. The summed E-state index contributed by atoms with van der Waals surface area (Å²) >= 11 is 5.80. The maximum atomic E-state index is 12.1. The fourth-order valence-electron chi connectivity index (χ4n) is 1.92. The average molecular weight is 326 g/mol. The largest absolute Gasteiger partial charge is 0.360 e. The molecule has 0 spiro atoms. The zero-order chi connectivity index (χ0) is 16.8. The number of rotatable bonds is 4. The van der Waals surface area contributed by atoms with Gasteiger partial charge in [0.2, 0.25) is 0 Å². The van der Waals surface area contributed by atoms with E-state index in [1.165, 1.54) is 6.20 Å². The number of nitrogens with one attached hydrogen (secondary N) is 2. The van der Waals surface area contributed by atoms with Crippen LogP contribution in [-0.4, -0.2) is 5.91 Å². The van der Waals surface area contributed by atoms with Gasteiger partial charge in [-0.3, -0.25) is 4.79 Å². The van der Waals surface area contributed by atoms with Gasteiger partial charge < -0.3 is 10.6 Å². The van der Waals surface area contributed by atoms with Gasteiger partial charge in [-0.25, -0.2) is 0 Å². The van der Waals surface area contributed by atoms with Gasteiger partial charge in [0.25, 0.3) is 5.91 Å². The first-order valence-corrected chi connectivity index (χ1v) is 7.38. The van der Waals surface area contributed by atoms with Gasteiger partial charge in [0.1, 0.15) is 11.6 Å². The molecule has 5 heteroatoms. The number of carbonyl (C=O) groups excluding carboxylic acids is 1. The number of aryl methyl sites for hydroxylation is 2. The Morgan fingerprint density at radius 3 is 2.52 bits per heavy atom. The van der Waals surface area contributed by atoms with Crippen molar-refractivity contribution in [1.82, 2.24) is 0 Å². The predicted molar refractivity (Wildman–Crippen MR) is 93.3 cm³/mol. The van der Waals surface area contributed by atoms with E-state index in [0.717, 1.165) is 16.8 Å². The van der Waals surface area contributed by atoms with Crippen LogP contribution in [0.2, 0.25) is 5.02 Å². The molecule has 2 rings (SSSR count). The minimum Gasteiger partial charge on any atom is -0.360 e. The Morgan fingerprint density at radius 1 is 1.17 bits per heavy atom. The zero-order valence-corrected chi connectivity index (χ0v) is 13.6. The number of nitriles is 1. The third-order valence-electron chi connectivity index (χ3n) is 3.23. The topological polar surface area (TPSA) is 64.9 Å². The quantitative estimate of drug-likeness (QED) is 0.646. The molecule has 0 atom stereocenters. The molecule has 0 radical (unpaired) electrons. The third kappa shape index (κ3) is 4.60. The summed E-state index contributed by atoms with van der Waals surface area (Å²) in [5.74, 6) is -0.479. The van der Waals surface area contributed by atoms with Crippen molar-refractivity contribution in [3.05, 3.63) is 70.4 Å². The number of benzene rings is 2. The van der Waals surface area contributed by atoms with Gasteiger partial charge in [0, 0.05) is 22.6 Å². The lowest BCUT2D eigenvalue weighted by Gasteiger charge is -2.08. The Balaban J connectivity index is 2.12. The monoisotopic (exact) mass is 325 g/mol. The summed E-state index contributed by atoms with van der Waals surface area (Å²) in [5, 5.41) is 15.4. The normalized spacial score (nSPS) is 10.8. The Morgan fingerprint density at radius 2 is 1.87 bits per heavy atom. The second kappa shape index (κ2) is 7.48. The van der Waals surface area contributed by atoms with E-state index in [1.54, 1.807) is 24.3 Å². The minimum absolute atomic E-state index is 0.0131. The highest BCUT2D eigenvalue weighted by Gasteiger charge is 2.09. The van der Waals surface area contributed by atoms with E-state index in [1.807, 2.05) is 38.1 Å². The molecule has 0 aliphatic heterocycles. The molecule has 0 saturated heterocycles. The van der Waals surface area contributed by atoms with Crippen molar-refractivity contribution in [2.45, 2.75) is 13.8 Å². The van der Waals surface area contributed by atoms with Crippen LogP contribution in [0.3, 0.4) is 0 Å². The molecule has 0 bridgehead atoms. The van der Waals surface area contributed by atoms with Crippen LogP contribution in [0.25, 0.3) is 0 Å². The van der Waals surface area contributed by atoms with E-state index < -0.39 is 5.91 Å². The minimum atomic E-state index is -0.479. The second-order valence-electron chi connectivity index (χ2n) is 5.09. The highest BCUT2D eigenvalue weighted by atomic mass is 35.5.